The molecule has 1 aliphatic rings. The second-order valence-electron chi connectivity index (χ2n) is 5.30. The van der Waals surface area contributed by atoms with Crippen molar-refractivity contribution < 1.29 is 14.3 Å². The summed E-state index contributed by atoms with van der Waals surface area (Å²) < 4.78 is 10.4. The number of aromatic amines is 1. The van der Waals surface area contributed by atoms with Crippen LogP contribution in [0.2, 0.25) is 0 Å². The number of aromatic nitrogens is 2. The molecule has 2 heterocycles. The summed E-state index contributed by atoms with van der Waals surface area (Å²) in [5, 5.41) is 2.85. The molecule has 1 aromatic heterocycles. The maximum absolute atomic E-state index is 12.3. The Morgan fingerprint density at radius 1 is 1.08 bits per heavy atom. The zero-order valence-corrected chi connectivity index (χ0v) is 12.8. The van der Waals surface area contributed by atoms with Crippen LogP contribution < -0.4 is 5.32 Å². The average molecular weight is 321 g/mol. The molecular formula is C18H15N3O3. The number of nitrogens with one attached hydrogen (secondary N) is 2. The van der Waals surface area contributed by atoms with E-state index in [4.69, 9.17) is 9.47 Å². The van der Waals surface area contributed by atoms with Crippen LogP contribution in [-0.2, 0) is 14.3 Å². The average Bonchev–Trinajstić information content (AvgIpc) is 3.07. The standard InChI is InChI=1S/C18H15N3O3/c22-18(16-11-23-9-10-24-16)21-13-6-2-1-5-12(13)17-19-14-7-3-4-8-15(14)20-17/h1-8,11H,9-10H2,(H,19,20)(H,21,22). The number of rotatable bonds is 3. The Morgan fingerprint density at radius 2 is 1.92 bits per heavy atom. The van der Waals surface area contributed by atoms with Crippen LogP contribution in [0.15, 0.2) is 60.6 Å². The Morgan fingerprint density at radius 3 is 2.75 bits per heavy atom. The third kappa shape index (κ3) is 2.69. The second-order valence-corrected chi connectivity index (χ2v) is 5.30. The van der Waals surface area contributed by atoms with E-state index in [0.717, 1.165) is 16.6 Å². The number of hydrogen-bond donors (Lipinski definition) is 2. The van der Waals surface area contributed by atoms with Crippen LogP contribution in [0.3, 0.4) is 0 Å². The van der Waals surface area contributed by atoms with Gasteiger partial charge < -0.3 is 19.8 Å². The van der Waals surface area contributed by atoms with E-state index >= 15 is 0 Å². The maximum atomic E-state index is 12.3. The van der Waals surface area contributed by atoms with Gasteiger partial charge in [-0.15, -0.1) is 0 Å². The summed E-state index contributed by atoms with van der Waals surface area (Å²) in [5.74, 6) is 0.515. The van der Waals surface area contributed by atoms with Crippen molar-refractivity contribution in [3.05, 3.63) is 60.6 Å². The van der Waals surface area contributed by atoms with Gasteiger partial charge in [0, 0.05) is 5.56 Å². The highest BCUT2D eigenvalue weighted by Gasteiger charge is 2.17. The lowest BCUT2D eigenvalue weighted by Gasteiger charge is -2.16. The minimum atomic E-state index is -0.349. The fraction of sp³-hybridized carbons (Fsp3) is 0.111. The molecule has 0 saturated carbocycles. The molecule has 0 saturated heterocycles. The summed E-state index contributed by atoms with van der Waals surface area (Å²) in [6.45, 7) is 0.816. The molecule has 2 N–H and O–H groups in total. The van der Waals surface area contributed by atoms with Crippen LogP contribution in [-0.4, -0.2) is 29.1 Å². The van der Waals surface area contributed by atoms with Crippen LogP contribution in [0.1, 0.15) is 0 Å². The van der Waals surface area contributed by atoms with E-state index in [1.807, 2.05) is 48.5 Å². The lowest BCUT2D eigenvalue weighted by molar-refractivity contribution is -0.117. The zero-order chi connectivity index (χ0) is 16.4. The molecule has 0 bridgehead atoms. The molecule has 1 aliphatic heterocycles. The van der Waals surface area contributed by atoms with Crippen LogP contribution >= 0.6 is 0 Å². The minimum absolute atomic E-state index is 0.167. The van der Waals surface area contributed by atoms with Crippen molar-refractivity contribution in [2.75, 3.05) is 18.5 Å². The van der Waals surface area contributed by atoms with Crippen LogP contribution in [0.25, 0.3) is 22.4 Å². The minimum Gasteiger partial charge on any atom is -0.494 e. The highest BCUT2D eigenvalue weighted by molar-refractivity contribution is 6.04. The van der Waals surface area contributed by atoms with E-state index < -0.39 is 0 Å². The van der Waals surface area contributed by atoms with Crippen molar-refractivity contribution in [1.82, 2.24) is 9.97 Å². The number of fused-ring (bicyclic) bond motifs is 1. The Balaban J connectivity index is 1.67. The quantitative estimate of drug-likeness (QED) is 0.777. The van der Waals surface area contributed by atoms with Gasteiger partial charge in [-0.3, -0.25) is 4.79 Å². The number of nitrogens with zero attached hydrogens (tertiary/aromatic N) is 1. The Kier molecular flexibility index (Phi) is 3.63. The van der Waals surface area contributed by atoms with Gasteiger partial charge in [0.25, 0.3) is 5.91 Å². The van der Waals surface area contributed by atoms with E-state index in [2.05, 4.69) is 15.3 Å². The number of H-pyrrole nitrogens is 1. The number of carbonyl (C=O) groups is 1. The molecule has 0 unspecified atom stereocenters. The Hall–Kier alpha value is -3.28. The topological polar surface area (TPSA) is 76.2 Å². The predicted molar refractivity (Wildman–Crippen MR) is 90.1 cm³/mol. The summed E-state index contributed by atoms with van der Waals surface area (Å²) in [4.78, 5) is 20.2. The van der Waals surface area contributed by atoms with Crippen molar-refractivity contribution >= 4 is 22.6 Å². The lowest BCUT2D eigenvalue weighted by Crippen LogP contribution is -2.21. The predicted octanol–water partition coefficient (Wildman–Crippen LogP) is 3.06. The SMILES string of the molecule is O=C(Nc1ccccc1-c1nc2ccccc2[nH]1)C1=COCCO1. The molecule has 4 rings (SSSR count). The zero-order valence-electron chi connectivity index (χ0n) is 12.8. The molecule has 120 valence electrons. The van der Waals surface area contributed by atoms with Gasteiger partial charge in [0.1, 0.15) is 25.3 Å². The summed E-state index contributed by atoms with van der Waals surface area (Å²) in [6, 6.07) is 15.3. The fourth-order valence-electron chi connectivity index (χ4n) is 2.55. The van der Waals surface area contributed by atoms with E-state index in [0.29, 0.717) is 24.7 Å². The van der Waals surface area contributed by atoms with Gasteiger partial charge in [0.05, 0.1) is 16.7 Å². The van der Waals surface area contributed by atoms with E-state index in [9.17, 15) is 4.79 Å². The number of para-hydroxylation sites is 3. The van der Waals surface area contributed by atoms with E-state index in [-0.39, 0.29) is 11.7 Å². The summed E-state index contributed by atoms with van der Waals surface area (Å²) in [7, 11) is 0. The van der Waals surface area contributed by atoms with E-state index in [1.54, 1.807) is 0 Å². The van der Waals surface area contributed by atoms with Gasteiger partial charge in [0.2, 0.25) is 5.76 Å². The molecule has 6 nitrogen and oxygen atoms in total. The first-order valence-electron chi connectivity index (χ1n) is 7.61. The van der Waals surface area contributed by atoms with Gasteiger partial charge in [0.15, 0.2) is 0 Å². The van der Waals surface area contributed by atoms with Crippen molar-refractivity contribution in [1.29, 1.82) is 0 Å². The molecule has 2 aromatic carbocycles. The summed E-state index contributed by atoms with van der Waals surface area (Å²) in [5.41, 5.74) is 3.27. The molecule has 24 heavy (non-hydrogen) atoms. The summed E-state index contributed by atoms with van der Waals surface area (Å²) >= 11 is 0. The van der Waals surface area contributed by atoms with Gasteiger partial charge in [-0.25, -0.2) is 4.98 Å². The fourth-order valence-corrected chi connectivity index (χ4v) is 2.55. The van der Waals surface area contributed by atoms with Crippen LogP contribution in [0.5, 0.6) is 0 Å². The number of ether oxygens (including phenoxy) is 2. The van der Waals surface area contributed by atoms with Crippen molar-refractivity contribution in [2.45, 2.75) is 0 Å². The second kappa shape index (κ2) is 6.08. The Labute approximate surface area is 138 Å². The monoisotopic (exact) mass is 321 g/mol. The number of benzene rings is 2. The van der Waals surface area contributed by atoms with Crippen LogP contribution in [0.4, 0.5) is 5.69 Å². The number of carbonyl (C=O) groups excluding carboxylic acids is 1. The number of amides is 1. The third-order valence-electron chi connectivity index (χ3n) is 3.69. The third-order valence-corrected chi connectivity index (χ3v) is 3.69. The first-order chi connectivity index (χ1) is 11.8. The highest BCUT2D eigenvalue weighted by Crippen LogP contribution is 2.28. The molecule has 3 aromatic rings. The number of anilines is 1. The van der Waals surface area contributed by atoms with Crippen molar-refractivity contribution in [2.24, 2.45) is 0 Å². The van der Waals surface area contributed by atoms with Crippen molar-refractivity contribution in [3.8, 4) is 11.4 Å². The Bertz CT molecular complexity index is 897. The van der Waals surface area contributed by atoms with Gasteiger partial charge in [-0.2, -0.15) is 0 Å². The largest absolute Gasteiger partial charge is 0.494 e. The number of imidazole rings is 1. The molecule has 0 spiro atoms. The molecule has 6 heteroatoms. The molecule has 0 aliphatic carbocycles. The van der Waals surface area contributed by atoms with Crippen molar-refractivity contribution in [3.63, 3.8) is 0 Å². The smallest absolute Gasteiger partial charge is 0.294 e. The molecular weight excluding hydrogens is 306 g/mol. The van der Waals surface area contributed by atoms with E-state index in [1.165, 1.54) is 6.26 Å². The van der Waals surface area contributed by atoms with Gasteiger partial charge >= 0.3 is 0 Å². The maximum Gasteiger partial charge on any atom is 0.294 e. The summed E-state index contributed by atoms with van der Waals surface area (Å²) in [6.07, 6.45) is 1.34. The van der Waals surface area contributed by atoms with Crippen LogP contribution in [0, 0.1) is 0 Å². The van der Waals surface area contributed by atoms with Gasteiger partial charge in [-0.1, -0.05) is 24.3 Å². The molecule has 1 amide bonds. The van der Waals surface area contributed by atoms with Gasteiger partial charge in [-0.05, 0) is 24.3 Å². The first kappa shape index (κ1) is 14.3. The lowest BCUT2D eigenvalue weighted by atomic mass is 10.1. The molecule has 0 fully saturated rings. The highest BCUT2D eigenvalue weighted by atomic mass is 16.6. The first-order valence-corrected chi connectivity index (χ1v) is 7.61. The molecule has 0 atom stereocenters. The normalized spacial score (nSPS) is 13.8. The number of hydrogen-bond acceptors (Lipinski definition) is 4. The molecule has 0 radical (unpaired) electrons.